The Kier molecular flexibility index (Phi) is 43.2. The maximum atomic E-state index is 12.4. The number of nitrogens with one attached hydrogen (secondary N) is 1. The van der Waals surface area contributed by atoms with Crippen LogP contribution in [0.4, 0.5) is 0 Å². The second-order valence-corrected chi connectivity index (χ2v) is 16.5. The van der Waals surface area contributed by atoms with Crippen molar-refractivity contribution in [3.8, 4) is 0 Å². The van der Waals surface area contributed by atoms with Gasteiger partial charge in [-0.1, -0.05) is 225 Å². The van der Waals surface area contributed by atoms with Crippen LogP contribution in [-0.2, 0) is 14.3 Å². The normalized spacial score (nSPS) is 12.7. The number of ether oxygens (including phenoxy) is 1. The Labute approximate surface area is 336 Å². The van der Waals surface area contributed by atoms with E-state index in [0.29, 0.717) is 19.4 Å². The minimum absolute atomic E-state index is 0.0159. The van der Waals surface area contributed by atoms with Gasteiger partial charge in [-0.05, 0) is 32.1 Å². The second kappa shape index (κ2) is 44.3. The number of unbranched alkanes of at least 4 members (excludes halogenated alkanes) is 33. The van der Waals surface area contributed by atoms with Crippen molar-refractivity contribution in [2.24, 2.45) is 0 Å². The molecule has 2 atom stereocenters. The molecule has 0 aromatic rings. The summed E-state index contributed by atoms with van der Waals surface area (Å²) in [6, 6.07) is -0.639. The van der Waals surface area contributed by atoms with Gasteiger partial charge in [0.1, 0.15) is 0 Å². The van der Waals surface area contributed by atoms with Crippen LogP contribution in [0.5, 0.6) is 0 Å². The van der Waals surface area contributed by atoms with Crippen LogP contribution >= 0.6 is 0 Å². The molecule has 0 saturated carbocycles. The fourth-order valence-electron chi connectivity index (χ4n) is 7.34. The van der Waals surface area contributed by atoms with E-state index < -0.39 is 12.1 Å². The summed E-state index contributed by atoms with van der Waals surface area (Å²) in [5.41, 5.74) is 0. The molecule has 0 rings (SSSR count). The van der Waals surface area contributed by atoms with Crippen molar-refractivity contribution in [1.82, 2.24) is 5.32 Å². The molecular weight excluding hydrogens is 671 g/mol. The molecule has 0 heterocycles. The summed E-state index contributed by atoms with van der Waals surface area (Å²) in [6.07, 6.45) is 49.1. The van der Waals surface area contributed by atoms with Crippen molar-refractivity contribution in [2.75, 3.05) is 13.2 Å². The Morgan fingerprint density at radius 2 is 0.852 bits per heavy atom. The summed E-state index contributed by atoms with van der Waals surface area (Å²) in [7, 11) is 0. The van der Waals surface area contributed by atoms with Crippen molar-refractivity contribution in [2.45, 2.75) is 270 Å². The van der Waals surface area contributed by atoms with Crippen LogP contribution in [0.15, 0.2) is 12.2 Å². The number of hydrogen-bond acceptors (Lipinski definition) is 5. The van der Waals surface area contributed by atoms with Gasteiger partial charge in [-0.3, -0.25) is 9.59 Å². The predicted molar refractivity (Wildman–Crippen MR) is 232 cm³/mol. The molecule has 2 unspecified atom stereocenters. The molecule has 6 nitrogen and oxygen atoms in total. The Morgan fingerprint density at radius 3 is 1.26 bits per heavy atom. The first-order valence-electron chi connectivity index (χ1n) is 24.0. The number of rotatable bonds is 44. The summed E-state index contributed by atoms with van der Waals surface area (Å²) in [6.45, 7) is 4.85. The molecule has 0 bridgehead atoms. The highest BCUT2D eigenvalue weighted by atomic mass is 16.5. The molecule has 0 aromatic heterocycles. The standard InChI is InChI=1S/C48H93NO5/c1-3-5-7-9-11-13-15-16-17-18-21-24-28-32-36-40-46(51)45(44-50)49-47(52)41-37-33-29-25-22-19-23-27-31-35-39-43-54-48(53)42-38-34-30-26-20-14-12-10-8-6-4-2/h36,40,45-46,50-51H,3-35,37-39,41-44H2,1-2H3,(H,49,52)/b40-36+. The SMILES string of the molecule is CCCCCCCCCCCCCCC/C=C/C(O)C(CO)NC(=O)CCCCCCCCCCCCCOC(=O)CCCCCCCCCCCCC. The Balaban J connectivity index is 3.52. The molecule has 0 saturated heterocycles. The van der Waals surface area contributed by atoms with Gasteiger partial charge in [-0.15, -0.1) is 0 Å². The molecule has 6 heteroatoms. The maximum absolute atomic E-state index is 12.4. The number of aliphatic hydroxyl groups is 2. The van der Waals surface area contributed by atoms with Crippen LogP contribution < -0.4 is 5.32 Å². The van der Waals surface area contributed by atoms with Gasteiger partial charge in [0.25, 0.3) is 0 Å². The summed E-state index contributed by atoms with van der Waals surface area (Å²) in [4.78, 5) is 24.4. The average Bonchev–Trinajstić information content (AvgIpc) is 3.17. The van der Waals surface area contributed by atoms with Crippen LogP contribution in [-0.4, -0.2) is 47.4 Å². The molecule has 0 radical (unpaired) electrons. The summed E-state index contributed by atoms with van der Waals surface area (Å²) in [5, 5.41) is 23.0. The zero-order chi connectivity index (χ0) is 39.4. The number of carbonyl (C=O) groups excluding carboxylic acids is 2. The number of hydrogen-bond donors (Lipinski definition) is 3. The van der Waals surface area contributed by atoms with Crippen molar-refractivity contribution in [3.05, 3.63) is 12.2 Å². The van der Waals surface area contributed by atoms with E-state index in [2.05, 4.69) is 19.2 Å². The van der Waals surface area contributed by atoms with Crippen molar-refractivity contribution in [3.63, 3.8) is 0 Å². The molecule has 3 N–H and O–H groups in total. The lowest BCUT2D eigenvalue weighted by atomic mass is 10.0. The van der Waals surface area contributed by atoms with E-state index in [1.54, 1.807) is 6.08 Å². The van der Waals surface area contributed by atoms with Crippen LogP contribution in [0.3, 0.4) is 0 Å². The van der Waals surface area contributed by atoms with Gasteiger partial charge in [0, 0.05) is 12.8 Å². The highest BCUT2D eigenvalue weighted by molar-refractivity contribution is 5.76. The van der Waals surface area contributed by atoms with Crippen LogP contribution in [0.2, 0.25) is 0 Å². The third-order valence-electron chi connectivity index (χ3n) is 11.1. The van der Waals surface area contributed by atoms with Gasteiger partial charge in [-0.2, -0.15) is 0 Å². The number of esters is 1. The van der Waals surface area contributed by atoms with E-state index in [1.807, 2.05) is 6.08 Å². The molecular formula is C48H93NO5. The molecule has 0 aliphatic carbocycles. The van der Waals surface area contributed by atoms with Gasteiger partial charge < -0.3 is 20.3 Å². The number of aliphatic hydroxyl groups excluding tert-OH is 2. The molecule has 0 aromatic carbocycles. The molecule has 0 aliphatic rings. The van der Waals surface area contributed by atoms with Crippen molar-refractivity contribution >= 4 is 11.9 Å². The highest BCUT2D eigenvalue weighted by Gasteiger charge is 2.18. The van der Waals surface area contributed by atoms with Crippen LogP contribution in [0.1, 0.15) is 258 Å². The molecule has 1 amide bonds. The van der Waals surface area contributed by atoms with Gasteiger partial charge in [0.15, 0.2) is 0 Å². The van der Waals surface area contributed by atoms with Gasteiger partial charge in [0.2, 0.25) is 5.91 Å². The number of allylic oxidation sites excluding steroid dienone is 1. The van der Waals surface area contributed by atoms with E-state index in [-0.39, 0.29) is 18.5 Å². The summed E-state index contributed by atoms with van der Waals surface area (Å²) >= 11 is 0. The van der Waals surface area contributed by atoms with Crippen molar-refractivity contribution < 1.29 is 24.5 Å². The lowest BCUT2D eigenvalue weighted by Crippen LogP contribution is -2.45. The van der Waals surface area contributed by atoms with Gasteiger partial charge in [-0.25, -0.2) is 0 Å². The quantitative estimate of drug-likeness (QED) is 0.0326. The Morgan fingerprint density at radius 1 is 0.500 bits per heavy atom. The smallest absolute Gasteiger partial charge is 0.305 e. The summed E-state index contributed by atoms with van der Waals surface area (Å²) < 4.78 is 5.43. The molecule has 0 aliphatic heterocycles. The van der Waals surface area contributed by atoms with E-state index >= 15 is 0 Å². The van der Waals surface area contributed by atoms with E-state index in [1.165, 1.54) is 173 Å². The zero-order valence-corrected chi connectivity index (χ0v) is 36.2. The first-order valence-corrected chi connectivity index (χ1v) is 24.0. The highest BCUT2D eigenvalue weighted by Crippen LogP contribution is 2.15. The fraction of sp³-hybridized carbons (Fsp3) is 0.917. The number of amides is 1. The summed E-state index contributed by atoms with van der Waals surface area (Å²) in [5.74, 6) is -0.102. The van der Waals surface area contributed by atoms with E-state index in [9.17, 15) is 19.8 Å². The first-order chi connectivity index (χ1) is 26.5. The van der Waals surface area contributed by atoms with Crippen molar-refractivity contribution in [1.29, 1.82) is 0 Å². The predicted octanol–water partition coefficient (Wildman–Crippen LogP) is 13.8. The van der Waals surface area contributed by atoms with Crippen LogP contribution in [0.25, 0.3) is 0 Å². The first kappa shape index (κ1) is 52.6. The van der Waals surface area contributed by atoms with E-state index in [4.69, 9.17) is 4.74 Å². The average molecular weight is 764 g/mol. The molecule has 0 spiro atoms. The third-order valence-corrected chi connectivity index (χ3v) is 11.1. The topological polar surface area (TPSA) is 95.9 Å². The largest absolute Gasteiger partial charge is 0.466 e. The molecule has 320 valence electrons. The molecule has 54 heavy (non-hydrogen) atoms. The minimum atomic E-state index is -0.854. The minimum Gasteiger partial charge on any atom is -0.466 e. The monoisotopic (exact) mass is 764 g/mol. The lowest BCUT2D eigenvalue weighted by Gasteiger charge is -2.20. The Bertz CT molecular complexity index is 802. The fourth-order valence-corrected chi connectivity index (χ4v) is 7.34. The second-order valence-electron chi connectivity index (χ2n) is 16.5. The lowest BCUT2D eigenvalue weighted by molar-refractivity contribution is -0.143. The van der Waals surface area contributed by atoms with Gasteiger partial charge >= 0.3 is 5.97 Å². The van der Waals surface area contributed by atoms with Crippen LogP contribution in [0, 0.1) is 0 Å². The third kappa shape index (κ3) is 40.3. The maximum Gasteiger partial charge on any atom is 0.305 e. The van der Waals surface area contributed by atoms with E-state index in [0.717, 1.165) is 57.8 Å². The Hall–Kier alpha value is -1.40. The number of carbonyl (C=O) groups is 2. The van der Waals surface area contributed by atoms with Gasteiger partial charge in [0.05, 0.1) is 25.4 Å². The molecule has 0 fully saturated rings. The zero-order valence-electron chi connectivity index (χ0n) is 36.2.